The Labute approximate surface area is 79.6 Å². The molecule has 6 nitrogen and oxygen atoms in total. The molecule has 72 valence electrons. The van der Waals surface area contributed by atoms with Crippen molar-refractivity contribution in [2.75, 3.05) is 0 Å². The molecule has 0 unspecified atom stereocenters. The highest BCUT2D eigenvalue weighted by molar-refractivity contribution is 5.89. The number of carbonyl (C=O) groups excluding carboxylic acids is 1. The molecule has 2 aromatic heterocycles. The maximum atomic E-state index is 10.9. The zero-order valence-corrected chi connectivity index (χ0v) is 7.76. The molecular weight excluding hydrogens is 184 g/mol. The summed E-state index contributed by atoms with van der Waals surface area (Å²) in [7, 11) is 1.81. The number of ketones is 1. The molecule has 14 heavy (non-hydrogen) atoms. The van der Waals surface area contributed by atoms with Gasteiger partial charge in [0.2, 0.25) is 11.6 Å². The Kier molecular flexibility index (Phi) is 1.88. The van der Waals surface area contributed by atoms with Crippen LogP contribution in [-0.2, 0) is 7.05 Å². The van der Waals surface area contributed by atoms with Gasteiger partial charge in [0, 0.05) is 26.4 Å². The van der Waals surface area contributed by atoms with Gasteiger partial charge in [-0.3, -0.25) is 4.79 Å². The number of hydrogen-bond acceptors (Lipinski definition) is 5. The lowest BCUT2D eigenvalue weighted by molar-refractivity contribution is 0.0972. The lowest BCUT2D eigenvalue weighted by Gasteiger charge is -1.92. The summed E-state index contributed by atoms with van der Waals surface area (Å²) >= 11 is 0. The van der Waals surface area contributed by atoms with Crippen molar-refractivity contribution in [3.63, 3.8) is 0 Å². The fraction of sp³-hybridized carbons (Fsp3) is 0.250. The van der Waals surface area contributed by atoms with Gasteiger partial charge < -0.3 is 9.09 Å². The summed E-state index contributed by atoms with van der Waals surface area (Å²) in [6.45, 7) is 1.37. The molecule has 2 heterocycles. The minimum atomic E-state index is -0.252. The Balaban J connectivity index is 2.43. The summed E-state index contributed by atoms with van der Waals surface area (Å²) in [5, 5.41) is 3.65. The molecule has 0 N–H and O–H groups in total. The van der Waals surface area contributed by atoms with Crippen LogP contribution in [0.2, 0.25) is 0 Å². The fourth-order valence-corrected chi connectivity index (χ4v) is 1.04. The first-order valence-corrected chi connectivity index (χ1v) is 4.01. The second-order valence-electron chi connectivity index (χ2n) is 2.84. The van der Waals surface area contributed by atoms with Crippen LogP contribution in [0.3, 0.4) is 0 Å². The van der Waals surface area contributed by atoms with E-state index in [1.165, 1.54) is 6.92 Å². The van der Waals surface area contributed by atoms with Crippen LogP contribution in [0.4, 0.5) is 0 Å². The summed E-state index contributed by atoms with van der Waals surface area (Å²) in [6.07, 6.45) is 3.39. The van der Waals surface area contributed by atoms with E-state index in [-0.39, 0.29) is 11.7 Å². The summed E-state index contributed by atoms with van der Waals surface area (Å²) in [4.78, 5) is 18.8. The van der Waals surface area contributed by atoms with Crippen molar-refractivity contribution in [2.24, 2.45) is 7.05 Å². The van der Waals surface area contributed by atoms with E-state index in [0.717, 1.165) is 0 Å². The summed E-state index contributed by atoms with van der Waals surface area (Å²) in [5.74, 6) is 0.643. The molecule has 0 aliphatic carbocycles. The highest BCUT2D eigenvalue weighted by atomic mass is 16.5. The highest BCUT2D eigenvalue weighted by Crippen LogP contribution is 2.11. The SMILES string of the molecule is CC(=O)c1nc(-c2nccn2C)no1. The fourth-order valence-electron chi connectivity index (χ4n) is 1.04. The second kappa shape index (κ2) is 3.06. The molecule has 0 bridgehead atoms. The summed E-state index contributed by atoms with van der Waals surface area (Å²) < 4.78 is 6.49. The van der Waals surface area contributed by atoms with E-state index in [0.29, 0.717) is 11.6 Å². The van der Waals surface area contributed by atoms with Crippen LogP contribution in [0, 0.1) is 0 Å². The number of carbonyl (C=O) groups is 1. The predicted molar refractivity (Wildman–Crippen MR) is 46.5 cm³/mol. The Hall–Kier alpha value is -1.98. The summed E-state index contributed by atoms with van der Waals surface area (Å²) in [5.41, 5.74) is 0. The van der Waals surface area contributed by atoms with Gasteiger partial charge in [0.05, 0.1) is 0 Å². The van der Waals surface area contributed by atoms with Crippen LogP contribution in [0.1, 0.15) is 17.6 Å². The third-order valence-electron chi connectivity index (χ3n) is 1.75. The second-order valence-corrected chi connectivity index (χ2v) is 2.84. The smallest absolute Gasteiger partial charge is 0.294 e. The van der Waals surface area contributed by atoms with E-state index in [4.69, 9.17) is 4.52 Å². The van der Waals surface area contributed by atoms with E-state index in [2.05, 4.69) is 15.1 Å². The van der Waals surface area contributed by atoms with E-state index >= 15 is 0 Å². The maximum absolute atomic E-state index is 10.9. The molecule has 0 spiro atoms. The maximum Gasteiger partial charge on any atom is 0.294 e. The molecule has 0 aliphatic heterocycles. The average Bonchev–Trinajstić information content (AvgIpc) is 2.71. The topological polar surface area (TPSA) is 73.8 Å². The number of aryl methyl sites for hydroxylation is 1. The van der Waals surface area contributed by atoms with E-state index in [1.807, 2.05) is 7.05 Å². The monoisotopic (exact) mass is 192 g/mol. The largest absolute Gasteiger partial charge is 0.331 e. The number of hydrogen-bond donors (Lipinski definition) is 0. The molecule has 2 rings (SSSR count). The first-order valence-electron chi connectivity index (χ1n) is 4.01. The molecule has 6 heteroatoms. The van der Waals surface area contributed by atoms with E-state index in [1.54, 1.807) is 17.0 Å². The lowest BCUT2D eigenvalue weighted by Crippen LogP contribution is -1.95. The minimum absolute atomic E-state index is 0.00278. The van der Waals surface area contributed by atoms with Gasteiger partial charge in [-0.05, 0) is 0 Å². The van der Waals surface area contributed by atoms with Crippen molar-refractivity contribution in [3.8, 4) is 11.6 Å². The van der Waals surface area contributed by atoms with Gasteiger partial charge in [0.15, 0.2) is 5.82 Å². The average molecular weight is 192 g/mol. The molecule has 0 amide bonds. The van der Waals surface area contributed by atoms with Crippen LogP contribution in [0.5, 0.6) is 0 Å². The third-order valence-corrected chi connectivity index (χ3v) is 1.75. The first kappa shape index (κ1) is 8.61. The van der Waals surface area contributed by atoms with Crippen LogP contribution in [-0.4, -0.2) is 25.5 Å². The number of rotatable bonds is 2. The normalized spacial score (nSPS) is 10.4. The van der Waals surface area contributed by atoms with Crippen LogP contribution in [0.15, 0.2) is 16.9 Å². The Morgan fingerprint density at radius 2 is 2.36 bits per heavy atom. The van der Waals surface area contributed by atoms with Gasteiger partial charge in [-0.2, -0.15) is 4.98 Å². The Bertz CT molecular complexity index is 471. The molecular formula is C8H8N4O2. The molecule has 2 aromatic rings. The van der Waals surface area contributed by atoms with Crippen LogP contribution >= 0.6 is 0 Å². The molecule has 0 aromatic carbocycles. The standard InChI is InChI=1S/C8H8N4O2/c1-5(13)8-10-6(11-14-8)7-9-3-4-12(7)2/h3-4H,1-2H3. The Morgan fingerprint density at radius 1 is 1.57 bits per heavy atom. The highest BCUT2D eigenvalue weighted by Gasteiger charge is 2.14. The van der Waals surface area contributed by atoms with Gasteiger partial charge in [-0.1, -0.05) is 5.16 Å². The van der Waals surface area contributed by atoms with Gasteiger partial charge in [0.1, 0.15) is 0 Å². The van der Waals surface area contributed by atoms with Crippen molar-refractivity contribution >= 4 is 5.78 Å². The number of imidazole rings is 1. The molecule has 0 saturated heterocycles. The molecule has 0 fully saturated rings. The van der Waals surface area contributed by atoms with Crippen molar-refractivity contribution < 1.29 is 9.32 Å². The predicted octanol–water partition coefficient (Wildman–Crippen LogP) is 0.673. The van der Waals surface area contributed by atoms with Crippen molar-refractivity contribution in [1.29, 1.82) is 0 Å². The molecule has 0 radical (unpaired) electrons. The Morgan fingerprint density at radius 3 is 2.86 bits per heavy atom. The molecule has 0 saturated carbocycles. The van der Waals surface area contributed by atoms with E-state index < -0.39 is 0 Å². The van der Waals surface area contributed by atoms with Crippen molar-refractivity contribution in [2.45, 2.75) is 6.92 Å². The minimum Gasteiger partial charge on any atom is -0.331 e. The van der Waals surface area contributed by atoms with Gasteiger partial charge >= 0.3 is 0 Å². The number of aromatic nitrogens is 4. The van der Waals surface area contributed by atoms with Crippen LogP contribution in [0.25, 0.3) is 11.6 Å². The zero-order chi connectivity index (χ0) is 10.1. The number of nitrogens with zero attached hydrogens (tertiary/aromatic N) is 4. The molecule has 0 atom stereocenters. The number of Topliss-reactive ketones (excluding diaryl/α,β-unsaturated/α-hetero) is 1. The quantitative estimate of drug-likeness (QED) is 0.654. The van der Waals surface area contributed by atoms with Gasteiger partial charge in [-0.15, -0.1) is 0 Å². The van der Waals surface area contributed by atoms with Gasteiger partial charge in [-0.25, -0.2) is 4.98 Å². The lowest BCUT2D eigenvalue weighted by atomic mass is 10.4. The van der Waals surface area contributed by atoms with Crippen molar-refractivity contribution in [1.82, 2.24) is 19.7 Å². The summed E-state index contributed by atoms with van der Waals surface area (Å²) in [6, 6.07) is 0. The zero-order valence-electron chi connectivity index (χ0n) is 7.76. The van der Waals surface area contributed by atoms with Crippen LogP contribution < -0.4 is 0 Å². The van der Waals surface area contributed by atoms with Gasteiger partial charge in [0.25, 0.3) is 5.89 Å². The molecule has 0 aliphatic rings. The first-order chi connectivity index (χ1) is 6.68. The van der Waals surface area contributed by atoms with E-state index in [9.17, 15) is 4.79 Å². The van der Waals surface area contributed by atoms with Crippen molar-refractivity contribution in [3.05, 3.63) is 18.3 Å². The third kappa shape index (κ3) is 1.30.